The van der Waals surface area contributed by atoms with Crippen LogP contribution >= 0.6 is 0 Å². The molecule has 39 heavy (non-hydrogen) atoms. The largest absolute Gasteiger partial charge is 0.454 e. The third-order valence-electron chi connectivity index (χ3n) is 7.33. The first-order chi connectivity index (χ1) is 19.0. The molecule has 4 aromatic carbocycles. The summed E-state index contributed by atoms with van der Waals surface area (Å²) in [4.78, 5) is 2.33. The Labute approximate surface area is 227 Å². The van der Waals surface area contributed by atoms with Crippen molar-refractivity contribution in [2.45, 2.75) is 10.7 Å². The average molecular weight is 543 g/mol. The minimum atomic E-state index is -3.74. The standard InChI is InChI=1S/C30H26N2O6S/c33-39(34,32-17-15-31(16-18-32)24-11-13-26-28(19-24)36-21-35-26)25-12-14-27-29(20-25)38-30(37-27,22-7-3-1-4-8-22)23-9-5-2-6-10-23/h1-14,19-20H,15-18,21H2. The highest BCUT2D eigenvalue weighted by atomic mass is 32.2. The van der Waals surface area contributed by atoms with E-state index in [1.807, 2.05) is 78.9 Å². The van der Waals surface area contributed by atoms with Crippen LogP contribution in [-0.4, -0.2) is 45.7 Å². The van der Waals surface area contributed by atoms with Crippen LogP contribution in [0.15, 0.2) is 102 Å². The topological polar surface area (TPSA) is 77.5 Å². The number of piperazine rings is 1. The van der Waals surface area contributed by atoms with Gasteiger partial charge in [0.05, 0.1) is 4.90 Å². The third-order valence-corrected chi connectivity index (χ3v) is 9.22. The molecule has 0 radical (unpaired) electrons. The van der Waals surface area contributed by atoms with E-state index >= 15 is 0 Å². The molecule has 3 aliphatic rings. The molecule has 1 saturated heterocycles. The van der Waals surface area contributed by atoms with Crippen LogP contribution in [0.3, 0.4) is 0 Å². The SMILES string of the molecule is O=S(=O)(c1ccc2c(c1)OC(c1ccccc1)(c1ccccc1)O2)N1CCN(c2ccc3c(c2)OCO3)CC1. The Kier molecular flexibility index (Phi) is 5.64. The second-order valence-electron chi connectivity index (χ2n) is 9.59. The number of nitrogens with zero attached hydrogens (tertiary/aromatic N) is 2. The van der Waals surface area contributed by atoms with Gasteiger partial charge in [0.25, 0.3) is 0 Å². The lowest BCUT2D eigenvalue weighted by molar-refractivity contribution is -0.0459. The van der Waals surface area contributed by atoms with E-state index < -0.39 is 15.8 Å². The van der Waals surface area contributed by atoms with Crippen LogP contribution in [0.4, 0.5) is 5.69 Å². The normalized spacial score (nSPS) is 17.8. The van der Waals surface area contributed by atoms with Gasteiger partial charge < -0.3 is 23.8 Å². The molecule has 0 amide bonds. The lowest BCUT2D eigenvalue weighted by Crippen LogP contribution is -2.48. The minimum Gasteiger partial charge on any atom is -0.454 e. The summed E-state index contributed by atoms with van der Waals surface area (Å²) in [6, 6.07) is 30.0. The molecular formula is C30H26N2O6S. The van der Waals surface area contributed by atoms with Gasteiger partial charge in [0.1, 0.15) is 0 Å². The Morgan fingerprint density at radius 1 is 0.615 bits per heavy atom. The first kappa shape index (κ1) is 23.9. The summed E-state index contributed by atoms with van der Waals surface area (Å²) in [5.74, 6) is 1.12. The second-order valence-corrected chi connectivity index (χ2v) is 11.5. The molecule has 0 atom stereocenters. The van der Waals surface area contributed by atoms with Gasteiger partial charge in [-0.05, 0) is 24.3 Å². The predicted molar refractivity (Wildman–Crippen MR) is 145 cm³/mol. The number of hydrogen-bond acceptors (Lipinski definition) is 7. The van der Waals surface area contributed by atoms with Crippen molar-refractivity contribution < 1.29 is 27.4 Å². The van der Waals surface area contributed by atoms with Gasteiger partial charge in [0.2, 0.25) is 16.8 Å². The average Bonchev–Trinajstić information content (AvgIpc) is 3.63. The van der Waals surface area contributed by atoms with Crippen molar-refractivity contribution in [3.05, 3.63) is 108 Å². The van der Waals surface area contributed by atoms with E-state index in [4.69, 9.17) is 18.9 Å². The van der Waals surface area contributed by atoms with Gasteiger partial charge >= 0.3 is 5.79 Å². The van der Waals surface area contributed by atoms with Gasteiger partial charge in [0, 0.05) is 55.1 Å². The summed E-state index contributed by atoms with van der Waals surface area (Å²) in [6.07, 6.45) is 0. The maximum atomic E-state index is 13.7. The Morgan fingerprint density at radius 3 is 1.92 bits per heavy atom. The molecule has 0 unspecified atom stereocenters. The van der Waals surface area contributed by atoms with Gasteiger partial charge in [-0.1, -0.05) is 60.7 Å². The number of hydrogen-bond donors (Lipinski definition) is 0. The fourth-order valence-electron chi connectivity index (χ4n) is 5.28. The van der Waals surface area contributed by atoms with Crippen molar-refractivity contribution in [2.75, 3.05) is 37.9 Å². The van der Waals surface area contributed by atoms with Crippen LogP contribution < -0.4 is 23.8 Å². The highest BCUT2D eigenvalue weighted by molar-refractivity contribution is 7.89. The summed E-state index contributed by atoms with van der Waals surface area (Å²) in [5.41, 5.74) is 2.62. The molecule has 198 valence electrons. The van der Waals surface area contributed by atoms with Crippen LogP contribution in [-0.2, 0) is 15.8 Å². The van der Waals surface area contributed by atoms with Crippen molar-refractivity contribution >= 4 is 15.7 Å². The second kappa shape index (κ2) is 9.21. The summed E-state index contributed by atoms with van der Waals surface area (Å²) in [5, 5.41) is 0. The monoisotopic (exact) mass is 542 g/mol. The predicted octanol–water partition coefficient (Wildman–Crippen LogP) is 4.60. The van der Waals surface area contributed by atoms with Crippen molar-refractivity contribution in [1.29, 1.82) is 0 Å². The first-order valence-electron chi connectivity index (χ1n) is 12.8. The highest BCUT2D eigenvalue weighted by Crippen LogP contribution is 2.48. The Balaban J connectivity index is 1.13. The molecule has 0 aromatic heterocycles. The van der Waals surface area contributed by atoms with Crippen molar-refractivity contribution in [3.63, 3.8) is 0 Å². The van der Waals surface area contributed by atoms with Gasteiger partial charge in [-0.15, -0.1) is 0 Å². The smallest absolute Gasteiger partial charge is 0.305 e. The van der Waals surface area contributed by atoms with Gasteiger partial charge in [0.15, 0.2) is 23.0 Å². The molecular weight excluding hydrogens is 516 g/mol. The molecule has 7 rings (SSSR count). The van der Waals surface area contributed by atoms with Crippen molar-refractivity contribution in [2.24, 2.45) is 0 Å². The van der Waals surface area contributed by atoms with E-state index in [9.17, 15) is 8.42 Å². The van der Waals surface area contributed by atoms with Crippen LogP contribution in [0.5, 0.6) is 23.0 Å². The van der Waals surface area contributed by atoms with E-state index in [2.05, 4.69) is 4.90 Å². The Hall–Kier alpha value is -4.21. The van der Waals surface area contributed by atoms with Gasteiger partial charge in [-0.2, -0.15) is 4.31 Å². The number of rotatable bonds is 5. The molecule has 0 saturated carbocycles. The Morgan fingerprint density at radius 2 is 1.23 bits per heavy atom. The number of ether oxygens (including phenoxy) is 4. The van der Waals surface area contributed by atoms with Crippen LogP contribution in [0, 0.1) is 0 Å². The lowest BCUT2D eigenvalue weighted by Gasteiger charge is -2.35. The van der Waals surface area contributed by atoms with Gasteiger partial charge in [-0.25, -0.2) is 8.42 Å². The Bertz CT molecular complexity index is 1580. The number of benzene rings is 4. The van der Waals surface area contributed by atoms with E-state index in [-0.39, 0.29) is 11.7 Å². The van der Waals surface area contributed by atoms with Crippen LogP contribution in [0.25, 0.3) is 0 Å². The molecule has 0 bridgehead atoms. The van der Waals surface area contributed by atoms with E-state index in [0.717, 1.165) is 22.6 Å². The maximum absolute atomic E-state index is 13.7. The molecule has 0 aliphatic carbocycles. The molecule has 3 aliphatic heterocycles. The fraction of sp³-hybridized carbons (Fsp3) is 0.200. The number of anilines is 1. The van der Waals surface area contributed by atoms with Crippen LogP contribution in [0.2, 0.25) is 0 Å². The van der Waals surface area contributed by atoms with Crippen molar-refractivity contribution in [3.8, 4) is 23.0 Å². The quantitative estimate of drug-likeness (QED) is 0.365. The van der Waals surface area contributed by atoms with Gasteiger partial charge in [-0.3, -0.25) is 0 Å². The highest BCUT2D eigenvalue weighted by Gasteiger charge is 2.46. The zero-order valence-electron chi connectivity index (χ0n) is 21.0. The first-order valence-corrected chi connectivity index (χ1v) is 14.2. The molecule has 0 N–H and O–H groups in total. The number of fused-ring (bicyclic) bond motifs is 2. The molecule has 3 heterocycles. The molecule has 4 aromatic rings. The number of sulfonamides is 1. The minimum absolute atomic E-state index is 0.179. The third kappa shape index (κ3) is 4.05. The fourth-order valence-corrected chi connectivity index (χ4v) is 6.72. The summed E-state index contributed by atoms with van der Waals surface area (Å²) < 4.78 is 52.6. The zero-order valence-corrected chi connectivity index (χ0v) is 21.8. The zero-order chi connectivity index (χ0) is 26.5. The van der Waals surface area contributed by atoms with E-state index in [1.165, 1.54) is 4.31 Å². The van der Waals surface area contributed by atoms with Crippen LogP contribution in [0.1, 0.15) is 11.1 Å². The lowest BCUT2D eigenvalue weighted by atomic mass is 9.97. The summed E-state index contributed by atoms with van der Waals surface area (Å²) in [6.45, 7) is 2.08. The maximum Gasteiger partial charge on any atom is 0.305 e. The summed E-state index contributed by atoms with van der Waals surface area (Å²) in [7, 11) is -3.74. The summed E-state index contributed by atoms with van der Waals surface area (Å²) >= 11 is 0. The van der Waals surface area contributed by atoms with E-state index in [1.54, 1.807) is 18.2 Å². The molecule has 8 nitrogen and oxygen atoms in total. The van der Waals surface area contributed by atoms with E-state index in [0.29, 0.717) is 43.4 Å². The molecule has 9 heteroatoms. The molecule has 1 fully saturated rings. The van der Waals surface area contributed by atoms with Crippen molar-refractivity contribution in [1.82, 2.24) is 4.31 Å². The molecule has 0 spiro atoms.